The lowest BCUT2D eigenvalue weighted by atomic mass is 10.0. The quantitative estimate of drug-likeness (QED) is 0.910. The molecule has 0 bridgehead atoms. The zero-order valence-corrected chi connectivity index (χ0v) is 12.6. The lowest BCUT2D eigenvalue weighted by Gasteiger charge is -2.12. The topological polar surface area (TPSA) is 41.1 Å². The second-order valence-corrected chi connectivity index (χ2v) is 5.70. The van der Waals surface area contributed by atoms with Gasteiger partial charge in [-0.1, -0.05) is 18.2 Å². The molecular weight excluding hydrogens is 298 g/mol. The van der Waals surface area contributed by atoms with Crippen LogP contribution in [0.25, 0.3) is 11.1 Å². The highest BCUT2D eigenvalue weighted by atomic mass is 19.1. The van der Waals surface area contributed by atoms with Crippen LogP contribution in [0.4, 0.5) is 8.78 Å². The van der Waals surface area contributed by atoms with Gasteiger partial charge >= 0.3 is 0 Å². The molecule has 1 unspecified atom stereocenters. The monoisotopic (exact) mass is 316 g/mol. The minimum Gasteiger partial charge on any atom is -0.350 e. The van der Waals surface area contributed by atoms with Gasteiger partial charge in [0.15, 0.2) is 0 Å². The average molecular weight is 316 g/mol. The molecule has 3 nitrogen and oxygen atoms in total. The van der Waals surface area contributed by atoms with E-state index >= 15 is 0 Å². The Balaban J connectivity index is 1.70. The molecule has 0 aromatic heterocycles. The molecule has 2 aromatic carbocycles. The Labute approximate surface area is 133 Å². The summed E-state index contributed by atoms with van der Waals surface area (Å²) in [6, 6.07) is 10.5. The van der Waals surface area contributed by atoms with Gasteiger partial charge in [0.05, 0.1) is 5.56 Å². The fraction of sp³-hybridized carbons (Fsp3) is 0.278. The van der Waals surface area contributed by atoms with E-state index < -0.39 is 11.7 Å². The largest absolute Gasteiger partial charge is 0.350 e. The SMILES string of the molecule is O=C(NCC1CCCN1)c1ccc(-c2ccc(F)cc2)cc1F. The number of nitrogens with one attached hydrogen (secondary N) is 2. The average Bonchev–Trinajstić information content (AvgIpc) is 3.06. The van der Waals surface area contributed by atoms with Crippen LogP contribution in [0.3, 0.4) is 0 Å². The smallest absolute Gasteiger partial charge is 0.254 e. The molecule has 3 rings (SSSR count). The van der Waals surface area contributed by atoms with E-state index in [1.165, 1.54) is 24.3 Å². The Kier molecular flexibility index (Phi) is 4.67. The van der Waals surface area contributed by atoms with Gasteiger partial charge in [-0.2, -0.15) is 0 Å². The molecule has 0 radical (unpaired) electrons. The third-order valence-electron chi connectivity index (χ3n) is 4.06. The van der Waals surface area contributed by atoms with Crippen LogP contribution in [-0.2, 0) is 0 Å². The van der Waals surface area contributed by atoms with Crippen LogP contribution in [0.15, 0.2) is 42.5 Å². The zero-order chi connectivity index (χ0) is 16.2. The standard InChI is InChI=1S/C18H18F2N2O/c19-14-6-3-12(4-7-14)13-5-8-16(17(20)10-13)18(23)22-11-15-2-1-9-21-15/h3-8,10,15,21H,1-2,9,11H2,(H,22,23). The minimum absolute atomic E-state index is 0.0221. The lowest BCUT2D eigenvalue weighted by molar-refractivity contribution is 0.0946. The highest BCUT2D eigenvalue weighted by Gasteiger charge is 2.17. The van der Waals surface area contributed by atoms with E-state index in [2.05, 4.69) is 10.6 Å². The second-order valence-electron chi connectivity index (χ2n) is 5.70. The van der Waals surface area contributed by atoms with Crippen molar-refractivity contribution in [3.63, 3.8) is 0 Å². The molecule has 1 aliphatic rings. The van der Waals surface area contributed by atoms with Crippen molar-refractivity contribution < 1.29 is 13.6 Å². The van der Waals surface area contributed by atoms with Gasteiger partial charge in [-0.25, -0.2) is 8.78 Å². The van der Waals surface area contributed by atoms with Crippen molar-refractivity contribution in [2.45, 2.75) is 18.9 Å². The van der Waals surface area contributed by atoms with E-state index in [0.717, 1.165) is 19.4 Å². The summed E-state index contributed by atoms with van der Waals surface area (Å²) in [5, 5.41) is 6.03. The molecule has 1 fully saturated rings. The number of halogens is 2. The Hall–Kier alpha value is -2.27. The van der Waals surface area contributed by atoms with Gasteiger partial charge in [0.1, 0.15) is 11.6 Å². The summed E-state index contributed by atoms with van der Waals surface area (Å²) >= 11 is 0. The van der Waals surface area contributed by atoms with E-state index in [-0.39, 0.29) is 17.4 Å². The number of carbonyl (C=O) groups is 1. The van der Waals surface area contributed by atoms with Gasteiger partial charge in [0.25, 0.3) is 5.91 Å². The summed E-state index contributed by atoms with van der Waals surface area (Å²) in [7, 11) is 0. The molecule has 1 atom stereocenters. The molecule has 2 N–H and O–H groups in total. The number of carbonyl (C=O) groups excluding carboxylic acids is 1. The van der Waals surface area contributed by atoms with Crippen LogP contribution in [0, 0.1) is 11.6 Å². The van der Waals surface area contributed by atoms with Crippen molar-refractivity contribution in [2.24, 2.45) is 0 Å². The van der Waals surface area contributed by atoms with Gasteiger partial charge in [0.2, 0.25) is 0 Å². The molecular formula is C18H18F2N2O. The van der Waals surface area contributed by atoms with Crippen LogP contribution in [0.5, 0.6) is 0 Å². The van der Waals surface area contributed by atoms with Gasteiger partial charge in [-0.05, 0) is 54.8 Å². The number of rotatable bonds is 4. The molecule has 2 aromatic rings. The fourth-order valence-electron chi connectivity index (χ4n) is 2.76. The maximum absolute atomic E-state index is 14.2. The first-order valence-corrected chi connectivity index (χ1v) is 7.70. The predicted octanol–water partition coefficient (Wildman–Crippen LogP) is 3.11. The van der Waals surface area contributed by atoms with Crippen LogP contribution in [0.1, 0.15) is 23.2 Å². The summed E-state index contributed by atoms with van der Waals surface area (Å²) in [5.41, 5.74) is 1.33. The third kappa shape index (κ3) is 3.74. The van der Waals surface area contributed by atoms with Crippen LogP contribution < -0.4 is 10.6 Å². The summed E-state index contributed by atoms with van der Waals surface area (Å²) < 4.78 is 27.1. The van der Waals surface area contributed by atoms with Gasteiger partial charge in [0, 0.05) is 12.6 Å². The Morgan fingerprint density at radius 3 is 2.52 bits per heavy atom. The summed E-state index contributed by atoms with van der Waals surface area (Å²) in [6.45, 7) is 1.46. The van der Waals surface area contributed by atoms with Crippen molar-refractivity contribution in [3.05, 3.63) is 59.7 Å². The van der Waals surface area contributed by atoms with Gasteiger partial charge in [-0.15, -0.1) is 0 Å². The van der Waals surface area contributed by atoms with Crippen LogP contribution in [-0.4, -0.2) is 25.0 Å². The highest BCUT2D eigenvalue weighted by molar-refractivity contribution is 5.95. The summed E-state index contributed by atoms with van der Waals surface area (Å²) in [4.78, 5) is 12.1. The van der Waals surface area contributed by atoms with Gasteiger partial charge < -0.3 is 10.6 Å². The van der Waals surface area contributed by atoms with Crippen molar-refractivity contribution in [1.29, 1.82) is 0 Å². The van der Waals surface area contributed by atoms with E-state index in [0.29, 0.717) is 17.7 Å². The van der Waals surface area contributed by atoms with Crippen molar-refractivity contribution >= 4 is 5.91 Å². The lowest BCUT2D eigenvalue weighted by Crippen LogP contribution is -2.37. The van der Waals surface area contributed by atoms with Crippen LogP contribution >= 0.6 is 0 Å². The predicted molar refractivity (Wildman–Crippen MR) is 85.2 cm³/mol. The van der Waals surface area contributed by atoms with Crippen molar-refractivity contribution in [3.8, 4) is 11.1 Å². The normalized spacial score (nSPS) is 17.2. The molecule has 0 aliphatic carbocycles. The fourth-order valence-corrected chi connectivity index (χ4v) is 2.76. The highest BCUT2D eigenvalue weighted by Crippen LogP contribution is 2.22. The molecule has 1 aliphatic heterocycles. The van der Waals surface area contributed by atoms with E-state index in [1.807, 2.05) is 0 Å². The first kappa shape index (κ1) is 15.6. The second kappa shape index (κ2) is 6.87. The minimum atomic E-state index is -0.580. The Morgan fingerprint density at radius 2 is 1.87 bits per heavy atom. The molecule has 1 saturated heterocycles. The Morgan fingerprint density at radius 1 is 1.13 bits per heavy atom. The third-order valence-corrected chi connectivity index (χ3v) is 4.06. The first-order chi connectivity index (χ1) is 11.1. The molecule has 1 amide bonds. The molecule has 5 heteroatoms. The zero-order valence-electron chi connectivity index (χ0n) is 12.6. The Bertz CT molecular complexity index is 695. The van der Waals surface area contributed by atoms with E-state index in [9.17, 15) is 13.6 Å². The maximum atomic E-state index is 14.2. The molecule has 0 saturated carbocycles. The molecule has 120 valence electrons. The van der Waals surface area contributed by atoms with Gasteiger partial charge in [-0.3, -0.25) is 4.79 Å². The molecule has 1 heterocycles. The number of hydrogen-bond donors (Lipinski definition) is 2. The van der Waals surface area contributed by atoms with E-state index in [4.69, 9.17) is 0 Å². The van der Waals surface area contributed by atoms with Crippen LogP contribution in [0.2, 0.25) is 0 Å². The molecule has 0 spiro atoms. The first-order valence-electron chi connectivity index (χ1n) is 7.70. The number of benzene rings is 2. The number of hydrogen-bond acceptors (Lipinski definition) is 2. The summed E-state index contributed by atoms with van der Waals surface area (Å²) in [6.07, 6.45) is 2.12. The van der Waals surface area contributed by atoms with Crippen molar-refractivity contribution in [2.75, 3.05) is 13.1 Å². The van der Waals surface area contributed by atoms with Crippen molar-refractivity contribution in [1.82, 2.24) is 10.6 Å². The maximum Gasteiger partial charge on any atom is 0.254 e. The number of amides is 1. The molecule has 23 heavy (non-hydrogen) atoms. The van der Waals surface area contributed by atoms with E-state index in [1.54, 1.807) is 18.2 Å². The summed E-state index contributed by atoms with van der Waals surface area (Å²) in [5.74, 6) is -1.34.